The van der Waals surface area contributed by atoms with Crippen LogP contribution >= 0.6 is 0 Å². The Balaban J connectivity index is 1.80. The van der Waals surface area contributed by atoms with E-state index in [0.717, 1.165) is 11.6 Å². The van der Waals surface area contributed by atoms with E-state index in [-0.39, 0.29) is 0 Å². The summed E-state index contributed by atoms with van der Waals surface area (Å²) in [5, 5.41) is 6.32. The molecule has 0 aliphatic rings. The van der Waals surface area contributed by atoms with Crippen molar-refractivity contribution in [1.82, 2.24) is 10.6 Å². The quantitative estimate of drug-likeness (QED) is 0.656. The Hall–Kier alpha value is -2.43. The molecule has 0 unspecified atom stereocenters. The van der Waals surface area contributed by atoms with Gasteiger partial charge in [0, 0.05) is 26.2 Å². The fourth-order valence-electron chi connectivity index (χ4n) is 2.15. The van der Waals surface area contributed by atoms with Crippen LogP contribution in [0.4, 0.5) is 8.78 Å². The van der Waals surface area contributed by atoms with Crippen molar-refractivity contribution in [2.24, 2.45) is 4.99 Å². The summed E-state index contributed by atoms with van der Waals surface area (Å²) in [5.41, 5.74) is 2.86. The summed E-state index contributed by atoms with van der Waals surface area (Å²) in [7, 11) is 1.68. The highest BCUT2D eigenvalue weighted by atomic mass is 19.1. The lowest BCUT2D eigenvalue weighted by Gasteiger charge is -2.12. The predicted octanol–water partition coefficient (Wildman–Crippen LogP) is 3.18. The lowest BCUT2D eigenvalue weighted by molar-refractivity contribution is 0.570. The molecule has 0 spiro atoms. The van der Waals surface area contributed by atoms with Gasteiger partial charge in [-0.3, -0.25) is 4.99 Å². The lowest BCUT2D eigenvalue weighted by Crippen LogP contribution is -2.37. The molecule has 2 aromatic carbocycles. The molecule has 0 heterocycles. The van der Waals surface area contributed by atoms with Gasteiger partial charge in [0.25, 0.3) is 0 Å². The van der Waals surface area contributed by atoms with E-state index in [1.54, 1.807) is 7.05 Å². The van der Waals surface area contributed by atoms with Crippen LogP contribution in [0.15, 0.2) is 47.5 Å². The van der Waals surface area contributed by atoms with Gasteiger partial charge < -0.3 is 10.6 Å². The molecule has 5 heteroatoms. The fraction of sp³-hybridized carbons (Fsp3) is 0.278. The Labute approximate surface area is 135 Å². The topological polar surface area (TPSA) is 36.4 Å². The largest absolute Gasteiger partial charge is 0.356 e. The third-order valence-electron chi connectivity index (χ3n) is 3.51. The molecular weight excluding hydrogens is 296 g/mol. The number of benzene rings is 2. The highest BCUT2D eigenvalue weighted by molar-refractivity contribution is 5.79. The average Bonchev–Trinajstić information content (AvgIpc) is 2.54. The summed E-state index contributed by atoms with van der Waals surface area (Å²) < 4.78 is 26.4. The number of guanidine groups is 1. The smallest absolute Gasteiger partial charge is 0.191 e. The van der Waals surface area contributed by atoms with E-state index in [9.17, 15) is 8.78 Å². The molecule has 0 aromatic heterocycles. The molecule has 0 aliphatic carbocycles. The summed E-state index contributed by atoms with van der Waals surface area (Å²) in [5.74, 6) is -0.433. The summed E-state index contributed by atoms with van der Waals surface area (Å²) in [6, 6.07) is 11.9. The molecule has 2 N–H and O–H groups in total. The van der Waals surface area contributed by atoms with Crippen molar-refractivity contribution in [3.63, 3.8) is 0 Å². The van der Waals surface area contributed by atoms with Crippen LogP contribution in [0.25, 0.3) is 0 Å². The Kier molecular flexibility index (Phi) is 6.09. The monoisotopic (exact) mass is 317 g/mol. The van der Waals surface area contributed by atoms with Gasteiger partial charge in [0.2, 0.25) is 0 Å². The van der Waals surface area contributed by atoms with Crippen molar-refractivity contribution in [2.45, 2.75) is 19.9 Å². The van der Waals surface area contributed by atoms with Gasteiger partial charge in [-0.1, -0.05) is 35.9 Å². The van der Waals surface area contributed by atoms with E-state index in [2.05, 4.69) is 39.9 Å². The molecule has 0 bridgehead atoms. The summed E-state index contributed by atoms with van der Waals surface area (Å²) in [4.78, 5) is 4.13. The molecular formula is C18H21F2N3. The van der Waals surface area contributed by atoms with Gasteiger partial charge in [-0.25, -0.2) is 8.78 Å². The van der Waals surface area contributed by atoms with Crippen LogP contribution in [0, 0.1) is 18.6 Å². The highest BCUT2D eigenvalue weighted by Crippen LogP contribution is 2.09. The number of nitrogens with one attached hydrogen (secondary N) is 2. The zero-order chi connectivity index (χ0) is 16.7. The van der Waals surface area contributed by atoms with Crippen molar-refractivity contribution in [3.05, 3.63) is 70.8 Å². The molecule has 0 aliphatic heterocycles. The van der Waals surface area contributed by atoms with E-state index >= 15 is 0 Å². The first-order valence-corrected chi connectivity index (χ1v) is 7.52. The zero-order valence-electron chi connectivity index (χ0n) is 13.4. The van der Waals surface area contributed by atoms with E-state index in [0.29, 0.717) is 31.0 Å². The molecule has 2 rings (SSSR count). The highest BCUT2D eigenvalue weighted by Gasteiger charge is 2.04. The number of hydrogen-bond acceptors (Lipinski definition) is 1. The van der Waals surface area contributed by atoms with E-state index < -0.39 is 11.6 Å². The second-order valence-electron chi connectivity index (χ2n) is 5.32. The van der Waals surface area contributed by atoms with E-state index in [1.165, 1.54) is 17.7 Å². The third kappa shape index (κ3) is 5.36. The molecule has 122 valence electrons. The van der Waals surface area contributed by atoms with Crippen molar-refractivity contribution < 1.29 is 8.78 Å². The minimum atomic E-state index is -0.560. The third-order valence-corrected chi connectivity index (χ3v) is 3.51. The molecule has 0 saturated carbocycles. The number of nitrogens with zero attached hydrogens (tertiary/aromatic N) is 1. The van der Waals surface area contributed by atoms with Crippen LogP contribution in [0.1, 0.15) is 16.7 Å². The zero-order valence-corrected chi connectivity index (χ0v) is 13.4. The average molecular weight is 317 g/mol. The molecule has 2 aromatic rings. The summed E-state index contributed by atoms with van der Waals surface area (Å²) in [6.07, 6.45) is 0.456. The van der Waals surface area contributed by atoms with Crippen LogP contribution in [0.3, 0.4) is 0 Å². The first-order valence-electron chi connectivity index (χ1n) is 7.52. The molecule has 0 atom stereocenters. The Morgan fingerprint density at radius 2 is 1.78 bits per heavy atom. The van der Waals surface area contributed by atoms with Gasteiger partial charge in [-0.2, -0.15) is 0 Å². The number of halogens is 2. The van der Waals surface area contributed by atoms with Gasteiger partial charge in [0.15, 0.2) is 5.96 Å². The lowest BCUT2D eigenvalue weighted by atomic mass is 10.1. The minimum absolute atomic E-state index is 0.456. The minimum Gasteiger partial charge on any atom is -0.356 e. The van der Waals surface area contributed by atoms with Crippen LogP contribution in [0.2, 0.25) is 0 Å². The van der Waals surface area contributed by atoms with Gasteiger partial charge in [0.05, 0.1) is 0 Å². The normalized spacial score (nSPS) is 11.4. The maximum absolute atomic E-state index is 13.5. The molecule has 0 radical (unpaired) electrons. The number of hydrogen-bond donors (Lipinski definition) is 2. The fourth-order valence-corrected chi connectivity index (χ4v) is 2.15. The SMILES string of the molecule is CN=C(NCCc1ccc(F)cc1F)NCc1ccc(C)cc1. The maximum Gasteiger partial charge on any atom is 0.191 e. The maximum atomic E-state index is 13.5. The van der Waals surface area contributed by atoms with Crippen LogP contribution in [-0.4, -0.2) is 19.6 Å². The molecule has 23 heavy (non-hydrogen) atoms. The Morgan fingerprint density at radius 3 is 2.43 bits per heavy atom. The second kappa shape index (κ2) is 8.27. The van der Waals surface area contributed by atoms with Crippen molar-refractivity contribution in [2.75, 3.05) is 13.6 Å². The van der Waals surface area contributed by atoms with Crippen LogP contribution in [0.5, 0.6) is 0 Å². The van der Waals surface area contributed by atoms with Crippen molar-refractivity contribution >= 4 is 5.96 Å². The van der Waals surface area contributed by atoms with Gasteiger partial charge in [-0.05, 0) is 30.5 Å². The Morgan fingerprint density at radius 1 is 1.04 bits per heavy atom. The summed E-state index contributed by atoms with van der Waals surface area (Å²) in [6.45, 7) is 3.22. The molecule has 0 saturated heterocycles. The van der Waals surface area contributed by atoms with Gasteiger partial charge in [-0.15, -0.1) is 0 Å². The first kappa shape index (κ1) is 16.9. The molecule has 0 amide bonds. The van der Waals surface area contributed by atoms with E-state index in [4.69, 9.17) is 0 Å². The van der Waals surface area contributed by atoms with Crippen LogP contribution in [-0.2, 0) is 13.0 Å². The summed E-state index contributed by atoms with van der Waals surface area (Å²) >= 11 is 0. The van der Waals surface area contributed by atoms with Crippen molar-refractivity contribution in [3.8, 4) is 0 Å². The Bertz CT molecular complexity index is 666. The van der Waals surface area contributed by atoms with Crippen LogP contribution < -0.4 is 10.6 Å². The second-order valence-corrected chi connectivity index (χ2v) is 5.32. The number of aliphatic imine (C=N–C) groups is 1. The van der Waals surface area contributed by atoms with Gasteiger partial charge in [0.1, 0.15) is 11.6 Å². The number of aryl methyl sites for hydroxylation is 1. The molecule has 0 fully saturated rings. The standard InChI is InChI=1S/C18H21F2N3/c1-13-3-5-14(6-4-13)12-23-18(21-2)22-10-9-15-7-8-16(19)11-17(15)20/h3-8,11H,9-10,12H2,1-2H3,(H2,21,22,23). The van der Waals surface area contributed by atoms with Crippen molar-refractivity contribution in [1.29, 1.82) is 0 Å². The molecule has 3 nitrogen and oxygen atoms in total. The first-order chi connectivity index (χ1) is 11.1. The number of rotatable bonds is 5. The predicted molar refractivity (Wildman–Crippen MR) is 89.4 cm³/mol. The van der Waals surface area contributed by atoms with Gasteiger partial charge >= 0.3 is 0 Å². The van der Waals surface area contributed by atoms with E-state index in [1.807, 2.05) is 6.92 Å².